The Morgan fingerprint density at radius 1 is 1.23 bits per heavy atom. The molecule has 4 rings (SSSR count). The molecule has 162 valence electrons. The summed E-state index contributed by atoms with van der Waals surface area (Å²) >= 11 is 0. The van der Waals surface area contributed by atoms with E-state index in [-0.39, 0.29) is 17.7 Å². The Morgan fingerprint density at radius 2 is 1.90 bits per heavy atom. The fraction of sp³-hybridized carbons (Fsp3) is 0.455. The molecular weight excluding hydrogens is 409 g/mol. The summed E-state index contributed by atoms with van der Waals surface area (Å²) < 4.78 is 46.0. The molecule has 1 aromatic heterocycles. The molecule has 1 saturated carbocycles. The number of carbonyl (C=O) groups excluding carboxylic acids is 1. The molecule has 1 amide bonds. The number of amides is 1. The van der Waals surface area contributed by atoms with Gasteiger partial charge in [-0.1, -0.05) is 27.7 Å². The Kier molecular flexibility index (Phi) is 4.54. The summed E-state index contributed by atoms with van der Waals surface area (Å²) in [6.07, 6.45) is -2.21. The molecule has 2 aliphatic rings. The van der Waals surface area contributed by atoms with E-state index in [4.69, 9.17) is 10.00 Å². The Balaban J connectivity index is 1.62. The summed E-state index contributed by atoms with van der Waals surface area (Å²) in [6.45, 7) is 8.09. The minimum Gasteiger partial charge on any atom is -0.489 e. The molecule has 0 spiro atoms. The van der Waals surface area contributed by atoms with E-state index < -0.39 is 34.2 Å². The van der Waals surface area contributed by atoms with Gasteiger partial charge in [-0.05, 0) is 18.2 Å². The van der Waals surface area contributed by atoms with Gasteiger partial charge in [-0.3, -0.25) is 4.79 Å². The fourth-order valence-electron chi connectivity index (χ4n) is 5.54. The molecule has 0 atom stereocenters. The fourth-order valence-corrected chi connectivity index (χ4v) is 5.54. The molecule has 0 bridgehead atoms. The summed E-state index contributed by atoms with van der Waals surface area (Å²) in [5.74, 6) is -0.115. The first-order chi connectivity index (χ1) is 14.4. The SMILES string of the molecule is CC1(C)[C@H](Oc2ccc(C#N)c(C(F)(F)F)c2)C(C)(C)[C@H]1N1Cc2ncncc2C1=O. The third-order valence-electron chi connectivity index (χ3n) is 6.35. The van der Waals surface area contributed by atoms with Crippen molar-refractivity contribution in [1.82, 2.24) is 14.9 Å². The van der Waals surface area contributed by atoms with E-state index in [9.17, 15) is 18.0 Å². The van der Waals surface area contributed by atoms with Crippen molar-refractivity contribution in [1.29, 1.82) is 5.26 Å². The lowest BCUT2D eigenvalue weighted by Crippen LogP contribution is -2.74. The van der Waals surface area contributed by atoms with Gasteiger partial charge < -0.3 is 9.64 Å². The maximum atomic E-state index is 13.3. The van der Waals surface area contributed by atoms with Crippen molar-refractivity contribution in [3.8, 4) is 11.8 Å². The molecule has 0 saturated heterocycles. The van der Waals surface area contributed by atoms with Gasteiger partial charge in [0.25, 0.3) is 5.91 Å². The zero-order valence-electron chi connectivity index (χ0n) is 17.5. The predicted octanol–water partition coefficient (Wildman–Crippen LogP) is 4.21. The topological polar surface area (TPSA) is 79.1 Å². The molecule has 0 unspecified atom stereocenters. The van der Waals surface area contributed by atoms with Gasteiger partial charge in [0.1, 0.15) is 18.2 Å². The van der Waals surface area contributed by atoms with Gasteiger partial charge in [0.2, 0.25) is 0 Å². The van der Waals surface area contributed by atoms with Crippen molar-refractivity contribution >= 4 is 5.91 Å². The highest BCUT2D eigenvalue weighted by Gasteiger charge is 2.67. The van der Waals surface area contributed by atoms with Crippen molar-refractivity contribution in [3.05, 3.63) is 53.1 Å². The lowest BCUT2D eigenvalue weighted by molar-refractivity contribution is -0.199. The zero-order chi connectivity index (χ0) is 22.8. The Bertz CT molecular complexity index is 1090. The zero-order valence-corrected chi connectivity index (χ0v) is 17.5. The number of nitriles is 1. The van der Waals surface area contributed by atoms with E-state index in [0.29, 0.717) is 17.8 Å². The number of halogens is 3. The van der Waals surface area contributed by atoms with Gasteiger partial charge in [0, 0.05) is 23.1 Å². The van der Waals surface area contributed by atoms with Crippen LogP contribution < -0.4 is 4.74 Å². The third-order valence-corrected chi connectivity index (χ3v) is 6.35. The number of ether oxygens (including phenoxy) is 1. The lowest BCUT2D eigenvalue weighted by atomic mass is 9.49. The second-order valence-corrected chi connectivity index (χ2v) is 9.18. The summed E-state index contributed by atoms with van der Waals surface area (Å²) in [6, 6.07) is 4.71. The number of benzene rings is 1. The van der Waals surface area contributed by atoms with Crippen LogP contribution in [0.5, 0.6) is 5.75 Å². The van der Waals surface area contributed by atoms with E-state index in [1.54, 1.807) is 11.0 Å². The van der Waals surface area contributed by atoms with Crippen LogP contribution in [-0.4, -0.2) is 32.9 Å². The van der Waals surface area contributed by atoms with Crippen LogP contribution in [0, 0.1) is 22.2 Å². The highest BCUT2D eigenvalue weighted by atomic mass is 19.4. The van der Waals surface area contributed by atoms with Crippen LogP contribution in [0.25, 0.3) is 0 Å². The number of alkyl halides is 3. The lowest BCUT2D eigenvalue weighted by Gasteiger charge is -2.65. The monoisotopic (exact) mass is 430 g/mol. The van der Waals surface area contributed by atoms with E-state index in [2.05, 4.69) is 9.97 Å². The summed E-state index contributed by atoms with van der Waals surface area (Å²) in [4.78, 5) is 22.8. The van der Waals surface area contributed by atoms with Crippen LogP contribution in [0.15, 0.2) is 30.7 Å². The molecule has 31 heavy (non-hydrogen) atoms. The van der Waals surface area contributed by atoms with Crippen molar-refractivity contribution in [2.45, 2.75) is 52.6 Å². The first kappa shape index (κ1) is 21.1. The molecule has 2 heterocycles. The minimum atomic E-state index is -4.66. The molecule has 1 aliphatic heterocycles. The standard InChI is InChI=1S/C22H21F3N4O2/c1-20(2)18(29-10-16-14(17(29)30)9-27-11-28-16)21(3,4)19(20)31-13-6-5-12(8-26)15(7-13)22(23,24)25/h5-7,9,11,18-19H,10H2,1-4H3/t18-,19-. The van der Waals surface area contributed by atoms with Gasteiger partial charge in [0.05, 0.1) is 35.0 Å². The largest absolute Gasteiger partial charge is 0.489 e. The number of hydrogen-bond acceptors (Lipinski definition) is 5. The maximum absolute atomic E-state index is 13.3. The van der Waals surface area contributed by atoms with Gasteiger partial charge >= 0.3 is 6.18 Å². The van der Waals surface area contributed by atoms with E-state index in [1.165, 1.54) is 18.6 Å². The summed E-state index contributed by atoms with van der Waals surface area (Å²) in [5, 5.41) is 9.00. The average molecular weight is 430 g/mol. The molecule has 2 aromatic rings. The molecular formula is C22H21F3N4O2. The van der Waals surface area contributed by atoms with Crippen LogP contribution in [0.3, 0.4) is 0 Å². The molecule has 9 heteroatoms. The summed E-state index contributed by atoms with van der Waals surface area (Å²) in [7, 11) is 0. The number of hydrogen-bond donors (Lipinski definition) is 0. The van der Waals surface area contributed by atoms with Gasteiger partial charge in [-0.15, -0.1) is 0 Å². The van der Waals surface area contributed by atoms with E-state index >= 15 is 0 Å². The van der Waals surface area contributed by atoms with Crippen molar-refractivity contribution < 1.29 is 22.7 Å². The van der Waals surface area contributed by atoms with E-state index in [0.717, 1.165) is 12.1 Å². The van der Waals surface area contributed by atoms with Crippen LogP contribution >= 0.6 is 0 Å². The molecule has 1 fully saturated rings. The highest BCUT2D eigenvalue weighted by Crippen LogP contribution is 2.59. The van der Waals surface area contributed by atoms with Crippen LogP contribution in [0.4, 0.5) is 13.2 Å². The Morgan fingerprint density at radius 3 is 2.48 bits per heavy atom. The van der Waals surface area contributed by atoms with Gasteiger partial charge in [-0.2, -0.15) is 18.4 Å². The van der Waals surface area contributed by atoms with E-state index in [1.807, 2.05) is 27.7 Å². The smallest absolute Gasteiger partial charge is 0.417 e. The van der Waals surface area contributed by atoms with Crippen LogP contribution in [0.1, 0.15) is 54.9 Å². The van der Waals surface area contributed by atoms with Crippen LogP contribution in [0.2, 0.25) is 0 Å². The molecule has 0 radical (unpaired) electrons. The molecule has 1 aliphatic carbocycles. The first-order valence-corrected chi connectivity index (χ1v) is 9.77. The second-order valence-electron chi connectivity index (χ2n) is 9.18. The van der Waals surface area contributed by atoms with Crippen LogP contribution in [-0.2, 0) is 12.7 Å². The minimum absolute atomic E-state index is 0.0397. The quantitative estimate of drug-likeness (QED) is 0.729. The molecule has 1 aromatic carbocycles. The maximum Gasteiger partial charge on any atom is 0.417 e. The van der Waals surface area contributed by atoms with Gasteiger partial charge in [-0.25, -0.2) is 9.97 Å². The molecule has 6 nitrogen and oxygen atoms in total. The van der Waals surface area contributed by atoms with Crippen molar-refractivity contribution in [2.24, 2.45) is 10.8 Å². The number of nitrogens with zero attached hydrogens (tertiary/aromatic N) is 4. The Hall–Kier alpha value is -3.15. The third kappa shape index (κ3) is 3.12. The van der Waals surface area contributed by atoms with Crippen molar-refractivity contribution in [2.75, 3.05) is 0 Å². The average Bonchev–Trinajstić information content (AvgIpc) is 3.00. The highest BCUT2D eigenvalue weighted by molar-refractivity contribution is 5.97. The molecule has 0 N–H and O–H groups in total. The van der Waals surface area contributed by atoms with Gasteiger partial charge in [0.15, 0.2) is 0 Å². The van der Waals surface area contributed by atoms with Crippen molar-refractivity contribution in [3.63, 3.8) is 0 Å². The number of rotatable bonds is 3. The normalized spacial score (nSPS) is 23.7. The number of fused-ring (bicyclic) bond motifs is 1. The number of carbonyl (C=O) groups is 1. The second kappa shape index (κ2) is 6.67. The Labute approximate surface area is 177 Å². The first-order valence-electron chi connectivity index (χ1n) is 9.77. The summed E-state index contributed by atoms with van der Waals surface area (Å²) in [5.41, 5.74) is -1.42. The predicted molar refractivity (Wildman–Crippen MR) is 104 cm³/mol. The number of aromatic nitrogens is 2.